The van der Waals surface area contributed by atoms with Crippen molar-refractivity contribution in [1.29, 1.82) is 0 Å². The third-order valence-electron chi connectivity index (χ3n) is 5.48. The van der Waals surface area contributed by atoms with E-state index in [9.17, 15) is 13.2 Å². The molecule has 1 N–H and O–H groups in total. The number of likely N-dealkylation sites (tertiary alicyclic amines) is 1. The predicted molar refractivity (Wildman–Crippen MR) is 93.1 cm³/mol. The maximum atomic E-state index is 12.7. The largest absolute Gasteiger partial charge is 0.340 e. The van der Waals surface area contributed by atoms with Gasteiger partial charge >= 0.3 is 0 Å². The van der Waals surface area contributed by atoms with Gasteiger partial charge in [0.25, 0.3) is 0 Å². The van der Waals surface area contributed by atoms with E-state index in [0.717, 1.165) is 45.4 Å². The lowest BCUT2D eigenvalue weighted by atomic mass is 9.99. The molecular weight excluding hydrogens is 328 g/mol. The molecule has 7 nitrogen and oxygen atoms in total. The molecule has 2 heterocycles. The van der Waals surface area contributed by atoms with Gasteiger partial charge < -0.3 is 9.80 Å². The molecule has 8 heteroatoms. The van der Waals surface area contributed by atoms with Crippen molar-refractivity contribution in [1.82, 2.24) is 19.4 Å². The van der Waals surface area contributed by atoms with Crippen LogP contribution in [-0.2, 0) is 14.8 Å². The van der Waals surface area contributed by atoms with Crippen molar-refractivity contribution in [2.45, 2.75) is 25.3 Å². The number of likely N-dealkylation sites (N-methyl/N-ethyl adjacent to an activating group) is 1. The van der Waals surface area contributed by atoms with Crippen LogP contribution in [0.25, 0.3) is 0 Å². The van der Waals surface area contributed by atoms with Crippen molar-refractivity contribution in [3.63, 3.8) is 0 Å². The maximum absolute atomic E-state index is 12.7. The van der Waals surface area contributed by atoms with E-state index < -0.39 is 10.0 Å². The van der Waals surface area contributed by atoms with Gasteiger partial charge in [0.15, 0.2) is 0 Å². The number of rotatable bonds is 5. The van der Waals surface area contributed by atoms with E-state index in [1.54, 1.807) is 0 Å². The van der Waals surface area contributed by atoms with E-state index >= 15 is 0 Å². The highest BCUT2D eigenvalue weighted by molar-refractivity contribution is 7.88. The lowest BCUT2D eigenvalue weighted by Crippen LogP contribution is -2.43. The Hall–Kier alpha value is -0.700. The van der Waals surface area contributed by atoms with E-state index in [1.165, 1.54) is 6.26 Å². The summed E-state index contributed by atoms with van der Waals surface area (Å²) >= 11 is 0. The second-order valence-corrected chi connectivity index (χ2v) is 9.51. The highest BCUT2D eigenvalue weighted by atomic mass is 32.2. The van der Waals surface area contributed by atoms with Crippen LogP contribution >= 0.6 is 0 Å². The van der Waals surface area contributed by atoms with Crippen molar-refractivity contribution in [2.24, 2.45) is 11.8 Å². The fourth-order valence-corrected chi connectivity index (χ4v) is 4.78. The summed E-state index contributed by atoms with van der Waals surface area (Å²) in [6.45, 7) is 5.63. The van der Waals surface area contributed by atoms with Crippen LogP contribution in [-0.4, -0.2) is 94.2 Å². The molecule has 3 aliphatic rings. The van der Waals surface area contributed by atoms with Crippen LogP contribution in [0.1, 0.15) is 19.3 Å². The topological polar surface area (TPSA) is 73.0 Å². The van der Waals surface area contributed by atoms with E-state index in [4.69, 9.17) is 0 Å². The molecule has 0 aromatic rings. The second kappa shape index (κ2) is 7.27. The average molecular weight is 359 g/mol. The Balaban J connectivity index is 1.57. The molecule has 0 radical (unpaired) electrons. The normalized spacial score (nSPS) is 30.5. The standard InChI is InChI=1S/C16H30N4O3S/c1-18-6-3-7-19(9-8-18)12-16(21)20-10-14(13-4-5-13)15(11-20)17-24(2,22)23/h13-15,17H,3-12H2,1-2H3/t14-,15+/m1/s1. The highest BCUT2D eigenvalue weighted by Crippen LogP contribution is 2.41. The number of sulfonamides is 1. The summed E-state index contributed by atoms with van der Waals surface area (Å²) in [7, 11) is -1.12. The summed E-state index contributed by atoms with van der Waals surface area (Å²) in [4.78, 5) is 19.1. The molecule has 0 aromatic carbocycles. The third kappa shape index (κ3) is 4.91. The number of nitrogens with one attached hydrogen (secondary N) is 1. The van der Waals surface area contributed by atoms with E-state index in [2.05, 4.69) is 21.6 Å². The molecule has 138 valence electrons. The van der Waals surface area contributed by atoms with Gasteiger partial charge in [-0.05, 0) is 51.2 Å². The first-order valence-corrected chi connectivity index (χ1v) is 10.9. The summed E-state index contributed by atoms with van der Waals surface area (Å²) < 4.78 is 26.0. The van der Waals surface area contributed by atoms with Crippen molar-refractivity contribution >= 4 is 15.9 Å². The molecule has 2 saturated heterocycles. The van der Waals surface area contributed by atoms with Gasteiger partial charge in [-0.15, -0.1) is 0 Å². The minimum absolute atomic E-state index is 0.119. The zero-order valence-electron chi connectivity index (χ0n) is 14.8. The lowest BCUT2D eigenvalue weighted by molar-refractivity contribution is -0.131. The van der Waals surface area contributed by atoms with Gasteiger partial charge in [-0.2, -0.15) is 0 Å². The molecule has 3 fully saturated rings. The Morgan fingerprint density at radius 3 is 2.54 bits per heavy atom. The molecule has 0 bridgehead atoms. The zero-order chi connectivity index (χ0) is 17.3. The molecule has 0 aromatic heterocycles. The monoisotopic (exact) mass is 358 g/mol. The fourth-order valence-electron chi connectivity index (χ4n) is 3.98. The summed E-state index contributed by atoms with van der Waals surface area (Å²) in [5.41, 5.74) is 0. The molecule has 0 unspecified atom stereocenters. The Kier molecular flexibility index (Phi) is 5.48. The smallest absolute Gasteiger partial charge is 0.236 e. The Labute approximate surface area is 145 Å². The van der Waals surface area contributed by atoms with Crippen LogP contribution in [0.15, 0.2) is 0 Å². The van der Waals surface area contributed by atoms with Crippen LogP contribution in [0, 0.1) is 11.8 Å². The van der Waals surface area contributed by atoms with Crippen molar-refractivity contribution in [3.05, 3.63) is 0 Å². The Morgan fingerprint density at radius 1 is 1.12 bits per heavy atom. The van der Waals surface area contributed by atoms with E-state index in [0.29, 0.717) is 25.6 Å². The number of amides is 1. The van der Waals surface area contributed by atoms with Crippen LogP contribution < -0.4 is 4.72 Å². The first kappa shape index (κ1) is 18.1. The molecule has 2 aliphatic heterocycles. The first-order chi connectivity index (χ1) is 11.3. The Bertz CT molecular complexity index is 564. The fraction of sp³-hybridized carbons (Fsp3) is 0.938. The molecule has 1 aliphatic carbocycles. The van der Waals surface area contributed by atoms with Crippen LogP contribution in [0.4, 0.5) is 0 Å². The van der Waals surface area contributed by atoms with Gasteiger partial charge in [0, 0.05) is 32.2 Å². The van der Waals surface area contributed by atoms with Gasteiger partial charge in [0.05, 0.1) is 12.8 Å². The number of carbonyl (C=O) groups is 1. The number of carbonyl (C=O) groups excluding carboxylic acids is 1. The van der Waals surface area contributed by atoms with Gasteiger partial charge in [-0.3, -0.25) is 9.69 Å². The number of nitrogens with zero attached hydrogens (tertiary/aromatic N) is 3. The van der Waals surface area contributed by atoms with Gasteiger partial charge in [0.2, 0.25) is 15.9 Å². The molecule has 3 rings (SSSR count). The summed E-state index contributed by atoms with van der Waals surface area (Å²) in [6.07, 6.45) is 4.61. The van der Waals surface area contributed by atoms with Gasteiger partial charge in [-0.25, -0.2) is 13.1 Å². The predicted octanol–water partition coefficient (Wildman–Crippen LogP) is -0.590. The Morgan fingerprint density at radius 2 is 1.88 bits per heavy atom. The second-order valence-electron chi connectivity index (χ2n) is 7.73. The molecule has 2 atom stereocenters. The molecule has 1 amide bonds. The minimum atomic E-state index is -3.24. The lowest BCUT2D eigenvalue weighted by Gasteiger charge is -2.23. The van der Waals surface area contributed by atoms with E-state index in [-0.39, 0.29) is 17.9 Å². The SMILES string of the molecule is CN1CCCN(CC(=O)N2C[C@H](NS(C)(=O)=O)[C@@H](C3CC3)C2)CC1. The zero-order valence-corrected chi connectivity index (χ0v) is 15.6. The third-order valence-corrected chi connectivity index (χ3v) is 6.21. The number of hydrogen-bond acceptors (Lipinski definition) is 5. The minimum Gasteiger partial charge on any atom is -0.340 e. The van der Waals surface area contributed by atoms with Crippen molar-refractivity contribution in [2.75, 3.05) is 59.1 Å². The van der Waals surface area contributed by atoms with Crippen LogP contribution in [0.5, 0.6) is 0 Å². The molecular formula is C16H30N4O3S. The van der Waals surface area contributed by atoms with Gasteiger partial charge in [0.1, 0.15) is 0 Å². The summed E-state index contributed by atoms with van der Waals surface area (Å²) in [5, 5.41) is 0. The van der Waals surface area contributed by atoms with Gasteiger partial charge in [-0.1, -0.05) is 0 Å². The van der Waals surface area contributed by atoms with Crippen LogP contribution in [0.3, 0.4) is 0 Å². The van der Waals surface area contributed by atoms with Crippen molar-refractivity contribution < 1.29 is 13.2 Å². The number of hydrogen-bond donors (Lipinski definition) is 1. The quantitative estimate of drug-likeness (QED) is 0.711. The van der Waals surface area contributed by atoms with E-state index in [1.807, 2.05) is 4.90 Å². The highest BCUT2D eigenvalue weighted by Gasteiger charge is 2.44. The molecule has 0 spiro atoms. The molecule has 24 heavy (non-hydrogen) atoms. The van der Waals surface area contributed by atoms with Crippen LogP contribution in [0.2, 0.25) is 0 Å². The average Bonchev–Trinajstić information content (AvgIpc) is 3.26. The molecule has 1 saturated carbocycles. The summed E-state index contributed by atoms with van der Waals surface area (Å²) in [5.74, 6) is 0.996. The first-order valence-electron chi connectivity index (χ1n) is 8.98. The van der Waals surface area contributed by atoms with Crippen molar-refractivity contribution in [3.8, 4) is 0 Å². The summed E-state index contributed by atoms with van der Waals surface area (Å²) in [6, 6.07) is -0.119. The maximum Gasteiger partial charge on any atom is 0.236 e.